The molecule has 1 fully saturated rings. The van der Waals surface area contributed by atoms with Crippen molar-refractivity contribution in [1.82, 2.24) is 15.1 Å². The molecule has 2 aromatic rings. The molecule has 7 nitrogen and oxygen atoms in total. The second-order valence-electron chi connectivity index (χ2n) is 6.04. The van der Waals surface area contributed by atoms with Crippen LogP contribution in [0, 0.1) is 6.92 Å². The first-order chi connectivity index (χ1) is 11.5. The molecular formula is C16H17N3O4S. The van der Waals surface area contributed by atoms with Gasteiger partial charge in [-0.1, -0.05) is 18.2 Å². The molecule has 1 saturated heterocycles. The van der Waals surface area contributed by atoms with Crippen molar-refractivity contribution in [3.05, 3.63) is 35.0 Å². The van der Waals surface area contributed by atoms with E-state index in [-0.39, 0.29) is 17.4 Å². The molecule has 8 heteroatoms. The first-order valence-corrected chi connectivity index (χ1v) is 9.41. The molecule has 0 radical (unpaired) electrons. The number of H-pyrrole nitrogens is 1. The van der Waals surface area contributed by atoms with Crippen LogP contribution in [0.2, 0.25) is 0 Å². The van der Waals surface area contributed by atoms with Crippen molar-refractivity contribution in [3.63, 3.8) is 0 Å². The molecule has 0 spiro atoms. The molecule has 1 amide bonds. The summed E-state index contributed by atoms with van der Waals surface area (Å²) in [4.78, 5) is 14.7. The lowest BCUT2D eigenvalue weighted by molar-refractivity contribution is 0.0298. The fourth-order valence-corrected chi connectivity index (χ4v) is 5.22. The van der Waals surface area contributed by atoms with Gasteiger partial charge in [-0.05, 0) is 12.5 Å². The quantitative estimate of drug-likeness (QED) is 0.835. The number of rotatable bonds is 1. The minimum absolute atomic E-state index is 0.197. The van der Waals surface area contributed by atoms with Crippen LogP contribution in [0.25, 0.3) is 11.3 Å². The van der Waals surface area contributed by atoms with Crippen molar-refractivity contribution in [2.75, 3.05) is 26.3 Å². The second-order valence-corrected chi connectivity index (χ2v) is 7.97. The van der Waals surface area contributed by atoms with Crippen LogP contribution in [0.4, 0.5) is 0 Å². The van der Waals surface area contributed by atoms with E-state index >= 15 is 0 Å². The molecule has 24 heavy (non-hydrogen) atoms. The van der Waals surface area contributed by atoms with Crippen molar-refractivity contribution in [1.29, 1.82) is 0 Å². The van der Waals surface area contributed by atoms with E-state index in [1.54, 1.807) is 24.0 Å². The van der Waals surface area contributed by atoms with E-state index < -0.39 is 9.84 Å². The van der Waals surface area contributed by atoms with Gasteiger partial charge in [0, 0.05) is 24.2 Å². The van der Waals surface area contributed by atoms with E-state index in [4.69, 9.17) is 4.74 Å². The number of aryl methyl sites for hydroxylation is 1. The summed E-state index contributed by atoms with van der Waals surface area (Å²) in [5.41, 5.74) is 2.57. The number of aromatic amines is 1. The average Bonchev–Trinajstić information content (AvgIpc) is 2.97. The summed E-state index contributed by atoms with van der Waals surface area (Å²) in [6.07, 6.45) is 0. The highest BCUT2D eigenvalue weighted by atomic mass is 32.2. The molecule has 1 aromatic carbocycles. The van der Waals surface area contributed by atoms with Gasteiger partial charge in [0.25, 0.3) is 5.91 Å². The average molecular weight is 347 g/mol. The largest absolute Gasteiger partial charge is 0.378 e. The molecule has 0 aliphatic carbocycles. The fourth-order valence-electron chi connectivity index (χ4n) is 3.35. The van der Waals surface area contributed by atoms with Crippen LogP contribution in [-0.2, 0) is 20.3 Å². The Labute approximate surface area is 139 Å². The molecule has 0 bridgehead atoms. The third-order valence-corrected chi connectivity index (χ3v) is 6.33. The van der Waals surface area contributed by atoms with Gasteiger partial charge >= 0.3 is 0 Å². The van der Waals surface area contributed by atoms with Crippen molar-refractivity contribution in [2.45, 2.75) is 17.6 Å². The maximum Gasteiger partial charge on any atom is 0.274 e. The van der Waals surface area contributed by atoms with E-state index in [1.807, 2.05) is 6.07 Å². The van der Waals surface area contributed by atoms with Crippen LogP contribution >= 0.6 is 0 Å². The molecular weight excluding hydrogens is 330 g/mol. The number of carbonyl (C=O) groups excluding carboxylic acids is 1. The zero-order chi connectivity index (χ0) is 16.9. The Morgan fingerprint density at radius 2 is 2.04 bits per heavy atom. The molecule has 0 unspecified atom stereocenters. The van der Waals surface area contributed by atoms with Gasteiger partial charge in [-0.15, -0.1) is 0 Å². The van der Waals surface area contributed by atoms with Gasteiger partial charge in [0.2, 0.25) is 0 Å². The second kappa shape index (κ2) is 5.42. The van der Waals surface area contributed by atoms with Gasteiger partial charge in [-0.3, -0.25) is 9.89 Å². The van der Waals surface area contributed by atoms with E-state index in [1.165, 1.54) is 0 Å². The number of hydrogen-bond donors (Lipinski definition) is 1. The third kappa shape index (κ3) is 2.25. The summed E-state index contributed by atoms with van der Waals surface area (Å²) in [7, 11) is -3.50. The summed E-state index contributed by atoms with van der Waals surface area (Å²) in [5, 5.41) is 7.02. The summed E-state index contributed by atoms with van der Waals surface area (Å²) >= 11 is 0. The Morgan fingerprint density at radius 1 is 1.29 bits per heavy atom. The predicted molar refractivity (Wildman–Crippen MR) is 86.4 cm³/mol. The third-order valence-electron chi connectivity index (χ3n) is 4.49. The molecule has 1 N–H and O–H groups in total. The van der Waals surface area contributed by atoms with E-state index in [0.717, 1.165) is 0 Å². The number of benzene rings is 1. The van der Waals surface area contributed by atoms with Crippen molar-refractivity contribution in [3.8, 4) is 11.3 Å². The Balaban J connectivity index is 1.83. The standard InChI is InChI=1S/C16H17N3O4S/c1-10-3-2-4-11-13-12(9-24(21,22)15(10)11)14(18-17-13)16(20)19-5-7-23-8-6-19/h2-4H,5-9H2,1H3,(H,17,18). The van der Waals surface area contributed by atoms with Crippen LogP contribution < -0.4 is 0 Å². The lowest BCUT2D eigenvalue weighted by atomic mass is 10.0. The van der Waals surface area contributed by atoms with Gasteiger partial charge in [0.1, 0.15) is 0 Å². The normalized spacial score (nSPS) is 18.8. The van der Waals surface area contributed by atoms with Gasteiger partial charge < -0.3 is 9.64 Å². The van der Waals surface area contributed by atoms with Crippen molar-refractivity contribution in [2.24, 2.45) is 0 Å². The Bertz CT molecular complexity index is 927. The van der Waals surface area contributed by atoms with E-state index in [9.17, 15) is 13.2 Å². The predicted octanol–water partition coefficient (Wildman–Crippen LogP) is 1.14. The van der Waals surface area contributed by atoms with Crippen LogP contribution in [0.5, 0.6) is 0 Å². The molecule has 3 heterocycles. The number of sulfone groups is 1. The minimum atomic E-state index is -3.50. The lowest BCUT2D eigenvalue weighted by Crippen LogP contribution is -2.41. The highest BCUT2D eigenvalue weighted by Gasteiger charge is 2.35. The van der Waals surface area contributed by atoms with E-state index in [2.05, 4.69) is 10.2 Å². The number of fused-ring (bicyclic) bond motifs is 3. The summed E-state index contributed by atoms with van der Waals surface area (Å²) in [6, 6.07) is 5.33. The Hall–Kier alpha value is -2.19. The highest BCUT2D eigenvalue weighted by molar-refractivity contribution is 7.91. The minimum Gasteiger partial charge on any atom is -0.378 e. The van der Waals surface area contributed by atoms with Gasteiger partial charge in [0.05, 0.1) is 29.6 Å². The molecule has 0 atom stereocenters. The first-order valence-electron chi connectivity index (χ1n) is 7.76. The van der Waals surface area contributed by atoms with Crippen LogP contribution in [-0.4, -0.2) is 55.7 Å². The number of hydrogen-bond acceptors (Lipinski definition) is 5. The fraction of sp³-hybridized carbons (Fsp3) is 0.375. The zero-order valence-electron chi connectivity index (χ0n) is 13.2. The lowest BCUT2D eigenvalue weighted by Gasteiger charge is -2.26. The molecule has 2 aliphatic heterocycles. The molecule has 126 valence electrons. The molecule has 0 saturated carbocycles. The van der Waals surface area contributed by atoms with Crippen molar-refractivity contribution >= 4 is 15.7 Å². The molecule has 1 aromatic heterocycles. The Kier molecular flexibility index (Phi) is 3.47. The number of nitrogens with one attached hydrogen (secondary N) is 1. The van der Waals surface area contributed by atoms with Gasteiger partial charge in [-0.25, -0.2) is 8.42 Å². The monoisotopic (exact) mass is 347 g/mol. The van der Waals surface area contributed by atoms with E-state index in [0.29, 0.717) is 53.6 Å². The number of amides is 1. The molecule has 4 rings (SSSR count). The number of aromatic nitrogens is 2. The van der Waals surface area contributed by atoms with Crippen molar-refractivity contribution < 1.29 is 17.9 Å². The number of morpholine rings is 1. The SMILES string of the molecule is Cc1cccc2c1S(=O)(=O)Cc1c(C(=O)N3CCOCC3)n[nH]c1-2. The summed E-state index contributed by atoms with van der Waals surface area (Å²) in [6.45, 7) is 3.72. The number of nitrogens with zero attached hydrogens (tertiary/aromatic N) is 2. The summed E-state index contributed by atoms with van der Waals surface area (Å²) in [5.74, 6) is -0.454. The topological polar surface area (TPSA) is 92.4 Å². The van der Waals surface area contributed by atoms with Crippen LogP contribution in [0.15, 0.2) is 23.1 Å². The maximum atomic E-state index is 12.7. The van der Waals surface area contributed by atoms with Crippen LogP contribution in [0.3, 0.4) is 0 Å². The highest BCUT2D eigenvalue weighted by Crippen LogP contribution is 2.39. The number of ether oxygens (including phenoxy) is 1. The smallest absolute Gasteiger partial charge is 0.274 e. The zero-order valence-corrected chi connectivity index (χ0v) is 14.0. The van der Waals surface area contributed by atoms with Gasteiger partial charge in [0.15, 0.2) is 15.5 Å². The van der Waals surface area contributed by atoms with Gasteiger partial charge in [-0.2, -0.15) is 5.10 Å². The maximum absolute atomic E-state index is 12.7. The number of carbonyl (C=O) groups is 1. The summed E-state index contributed by atoms with van der Waals surface area (Å²) < 4.78 is 30.7. The van der Waals surface area contributed by atoms with Crippen LogP contribution in [0.1, 0.15) is 21.6 Å². The molecule has 2 aliphatic rings. The Morgan fingerprint density at radius 3 is 2.79 bits per heavy atom. The first kappa shape index (κ1) is 15.3.